The van der Waals surface area contributed by atoms with E-state index in [4.69, 9.17) is 23.2 Å². The molecule has 0 radical (unpaired) electrons. The van der Waals surface area contributed by atoms with E-state index in [1.165, 1.54) is 0 Å². The molecule has 0 heterocycles. The molecule has 0 saturated heterocycles. The summed E-state index contributed by atoms with van der Waals surface area (Å²) in [6, 6.07) is 4.29. The highest BCUT2D eigenvalue weighted by Crippen LogP contribution is 2.27. The molecule has 0 aromatic heterocycles. The van der Waals surface area contributed by atoms with Crippen LogP contribution in [0.25, 0.3) is 0 Å². The number of benzene rings is 1. The summed E-state index contributed by atoms with van der Waals surface area (Å²) in [6.45, 7) is -1.54. The SMILES string of the molecule is CNC(COCC(F)(F)C(F)F)c1ccc(Cl)c(Cl)c1. The number of likely N-dealkylation sites (N-methyl/N-ethyl adjacent to an activating group) is 1. The first-order chi connectivity index (χ1) is 9.27. The molecule has 1 N–H and O–H groups in total. The van der Waals surface area contributed by atoms with Crippen LogP contribution in [0.1, 0.15) is 11.6 Å². The second-order valence-electron chi connectivity index (χ2n) is 4.09. The van der Waals surface area contributed by atoms with E-state index in [2.05, 4.69) is 10.1 Å². The van der Waals surface area contributed by atoms with Gasteiger partial charge in [-0.1, -0.05) is 29.3 Å². The number of rotatable bonds is 7. The van der Waals surface area contributed by atoms with Gasteiger partial charge in [-0.2, -0.15) is 8.78 Å². The molecular formula is C12H13Cl2F4NO. The first-order valence-corrected chi connectivity index (χ1v) is 6.39. The number of ether oxygens (including phenoxy) is 1. The Labute approximate surface area is 124 Å². The van der Waals surface area contributed by atoms with E-state index < -0.39 is 25.0 Å². The number of alkyl halides is 4. The average Bonchev–Trinajstić information content (AvgIpc) is 2.38. The summed E-state index contributed by atoms with van der Waals surface area (Å²) in [4.78, 5) is 0. The highest BCUT2D eigenvalue weighted by molar-refractivity contribution is 6.42. The molecule has 20 heavy (non-hydrogen) atoms. The van der Waals surface area contributed by atoms with Crippen LogP contribution in [0.4, 0.5) is 17.6 Å². The fourth-order valence-corrected chi connectivity index (χ4v) is 1.76. The lowest BCUT2D eigenvalue weighted by molar-refractivity contribution is -0.167. The van der Waals surface area contributed by atoms with Crippen molar-refractivity contribution in [1.29, 1.82) is 0 Å². The fourth-order valence-electron chi connectivity index (χ4n) is 1.45. The second-order valence-corrected chi connectivity index (χ2v) is 4.91. The van der Waals surface area contributed by atoms with Crippen molar-refractivity contribution in [2.75, 3.05) is 20.3 Å². The van der Waals surface area contributed by atoms with Gasteiger partial charge in [0.25, 0.3) is 0 Å². The van der Waals surface area contributed by atoms with E-state index >= 15 is 0 Å². The molecule has 0 amide bonds. The quantitative estimate of drug-likeness (QED) is 0.756. The van der Waals surface area contributed by atoms with Gasteiger partial charge in [0.05, 0.1) is 22.7 Å². The van der Waals surface area contributed by atoms with Crippen LogP contribution in [0, 0.1) is 0 Å². The molecule has 0 spiro atoms. The molecule has 0 saturated carbocycles. The Balaban J connectivity index is 2.62. The maximum Gasteiger partial charge on any atom is 0.330 e. The van der Waals surface area contributed by atoms with Gasteiger partial charge in [0.15, 0.2) is 0 Å². The standard InChI is InChI=1S/C12H13Cl2F4NO/c1-19-10(5-20-6-12(17,18)11(15)16)7-2-3-8(13)9(14)4-7/h2-4,10-11,19H,5-6H2,1H3. The molecule has 1 aromatic carbocycles. The lowest BCUT2D eigenvalue weighted by Crippen LogP contribution is -2.34. The van der Waals surface area contributed by atoms with Crippen molar-refractivity contribution in [2.24, 2.45) is 0 Å². The van der Waals surface area contributed by atoms with Crippen molar-refractivity contribution in [3.8, 4) is 0 Å². The summed E-state index contributed by atoms with van der Waals surface area (Å²) in [5.41, 5.74) is 0.655. The first kappa shape index (κ1) is 17.5. The Hall–Kier alpha value is -0.560. The third-order valence-electron chi connectivity index (χ3n) is 2.59. The van der Waals surface area contributed by atoms with Crippen molar-refractivity contribution in [1.82, 2.24) is 5.32 Å². The smallest absolute Gasteiger partial charge is 0.330 e. The van der Waals surface area contributed by atoms with Crippen LogP contribution >= 0.6 is 23.2 Å². The van der Waals surface area contributed by atoms with Crippen molar-refractivity contribution < 1.29 is 22.3 Å². The molecule has 0 fully saturated rings. The molecular weight excluding hydrogens is 321 g/mol. The first-order valence-electron chi connectivity index (χ1n) is 5.64. The number of hydrogen-bond acceptors (Lipinski definition) is 2. The van der Waals surface area contributed by atoms with Crippen molar-refractivity contribution >= 4 is 23.2 Å². The van der Waals surface area contributed by atoms with Crippen LogP contribution in [0.2, 0.25) is 10.0 Å². The molecule has 0 aliphatic heterocycles. The van der Waals surface area contributed by atoms with Crippen LogP contribution in [0.5, 0.6) is 0 Å². The molecule has 1 rings (SSSR count). The van der Waals surface area contributed by atoms with Gasteiger partial charge in [0.2, 0.25) is 0 Å². The minimum atomic E-state index is -4.16. The number of nitrogens with one attached hydrogen (secondary N) is 1. The van der Waals surface area contributed by atoms with Gasteiger partial charge in [-0.25, -0.2) is 8.78 Å². The van der Waals surface area contributed by atoms with Crippen LogP contribution in [-0.4, -0.2) is 32.6 Å². The molecule has 1 unspecified atom stereocenters. The van der Waals surface area contributed by atoms with Crippen molar-refractivity contribution in [2.45, 2.75) is 18.4 Å². The Morgan fingerprint density at radius 1 is 1.25 bits per heavy atom. The van der Waals surface area contributed by atoms with Gasteiger partial charge in [-0.15, -0.1) is 0 Å². The molecule has 0 aliphatic rings. The summed E-state index contributed by atoms with van der Waals surface area (Å²) >= 11 is 11.6. The molecule has 2 nitrogen and oxygen atoms in total. The highest BCUT2D eigenvalue weighted by Gasteiger charge is 2.41. The zero-order valence-electron chi connectivity index (χ0n) is 10.5. The summed E-state index contributed by atoms with van der Waals surface area (Å²) in [7, 11) is 1.59. The highest BCUT2D eigenvalue weighted by atomic mass is 35.5. The van der Waals surface area contributed by atoms with Crippen molar-refractivity contribution in [3.05, 3.63) is 33.8 Å². The van der Waals surface area contributed by atoms with Gasteiger partial charge in [0, 0.05) is 0 Å². The van der Waals surface area contributed by atoms with Gasteiger partial charge in [0.1, 0.15) is 6.61 Å². The van der Waals surface area contributed by atoms with E-state index in [-0.39, 0.29) is 6.61 Å². The zero-order valence-corrected chi connectivity index (χ0v) is 12.0. The van der Waals surface area contributed by atoms with E-state index in [1.807, 2.05) is 0 Å². The predicted octanol–water partition coefficient (Wildman–Crippen LogP) is 4.17. The average molecular weight is 334 g/mol. The topological polar surface area (TPSA) is 21.3 Å². The minimum Gasteiger partial charge on any atom is -0.373 e. The molecule has 1 atom stereocenters. The monoisotopic (exact) mass is 333 g/mol. The Bertz CT molecular complexity index is 445. The van der Waals surface area contributed by atoms with Crippen LogP contribution in [-0.2, 0) is 4.74 Å². The minimum absolute atomic E-state index is 0.198. The van der Waals surface area contributed by atoms with E-state index in [0.717, 1.165) is 0 Å². The zero-order chi connectivity index (χ0) is 15.3. The maximum absolute atomic E-state index is 12.7. The maximum atomic E-state index is 12.7. The van der Waals surface area contributed by atoms with Gasteiger partial charge in [-0.3, -0.25) is 0 Å². The summed E-state index contributed by atoms with van der Waals surface area (Å²) in [6.07, 6.45) is -3.75. The van der Waals surface area contributed by atoms with Gasteiger partial charge in [-0.05, 0) is 24.7 Å². The largest absolute Gasteiger partial charge is 0.373 e. The second kappa shape index (κ2) is 7.45. The van der Waals surface area contributed by atoms with Gasteiger partial charge >= 0.3 is 12.3 Å². The van der Waals surface area contributed by atoms with Gasteiger partial charge < -0.3 is 10.1 Å². The summed E-state index contributed by atoms with van der Waals surface area (Å²) in [5.74, 6) is -4.16. The summed E-state index contributed by atoms with van der Waals surface area (Å²) in [5, 5.41) is 3.49. The van der Waals surface area contributed by atoms with Crippen LogP contribution in [0.15, 0.2) is 18.2 Å². The predicted molar refractivity (Wildman–Crippen MR) is 70.0 cm³/mol. The molecule has 0 bridgehead atoms. The lowest BCUT2D eigenvalue weighted by atomic mass is 10.1. The van der Waals surface area contributed by atoms with Crippen LogP contribution < -0.4 is 5.32 Å². The molecule has 114 valence electrons. The third-order valence-corrected chi connectivity index (χ3v) is 3.33. The van der Waals surface area contributed by atoms with Crippen LogP contribution in [0.3, 0.4) is 0 Å². The molecule has 1 aromatic rings. The number of hydrogen-bond donors (Lipinski definition) is 1. The normalized spacial score (nSPS) is 13.8. The Kier molecular flexibility index (Phi) is 6.51. The van der Waals surface area contributed by atoms with E-state index in [9.17, 15) is 17.6 Å². The van der Waals surface area contributed by atoms with E-state index in [0.29, 0.717) is 15.6 Å². The third kappa shape index (κ3) is 4.77. The lowest BCUT2D eigenvalue weighted by Gasteiger charge is -2.20. The Morgan fingerprint density at radius 2 is 1.90 bits per heavy atom. The fraction of sp³-hybridized carbons (Fsp3) is 0.500. The summed E-state index contributed by atoms with van der Waals surface area (Å²) < 4.78 is 54.0. The van der Waals surface area contributed by atoms with E-state index in [1.54, 1.807) is 25.2 Å². The molecule has 8 heteroatoms. The molecule has 0 aliphatic carbocycles. The van der Waals surface area contributed by atoms with Crippen molar-refractivity contribution in [3.63, 3.8) is 0 Å². The number of halogens is 6. The Morgan fingerprint density at radius 3 is 2.40 bits per heavy atom.